The van der Waals surface area contributed by atoms with Crippen LogP contribution >= 0.6 is 35.3 Å². The fraction of sp³-hybridized carbons (Fsp3) is 0.500. The Bertz CT molecular complexity index is 599. The van der Waals surface area contributed by atoms with Gasteiger partial charge in [-0.25, -0.2) is 4.99 Å². The Balaban J connectivity index is 0.00000288. The molecule has 2 rings (SSSR count). The Kier molecular flexibility index (Phi) is 9.96. The Morgan fingerprint density at radius 2 is 2.25 bits per heavy atom. The topological polar surface area (TPSA) is 71.7 Å². The van der Waals surface area contributed by atoms with Crippen LogP contribution in [-0.2, 0) is 17.8 Å². The van der Waals surface area contributed by atoms with Crippen LogP contribution in [0.3, 0.4) is 0 Å². The van der Waals surface area contributed by atoms with Crippen LogP contribution in [0, 0.1) is 0 Å². The molecule has 0 amide bonds. The highest BCUT2D eigenvalue weighted by Crippen LogP contribution is 2.14. The second-order valence-electron chi connectivity index (χ2n) is 5.39. The molecule has 0 unspecified atom stereocenters. The quantitative estimate of drug-likeness (QED) is 0.271. The van der Waals surface area contributed by atoms with E-state index < -0.39 is 0 Å². The van der Waals surface area contributed by atoms with Gasteiger partial charge >= 0.3 is 0 Å². The average molecular weight is 464 g/mol. The number of hydrogen-bond acceptors (Lipinski definition) is 5. The predicted octanol–water partition coefficient (Wildman–Crippen LogP) is 3.36. The van der Waals surface area contributed by atoms with Crippen LogP contribution in [0.1, 0.15) is 36.1 Å². The zero-order valence-corrected chi connectivity index (χ0v) is 17.4. The highest BCUT2D eigenvalue weighted by atomic mass is 127. The summed E-state index contributed by atoms with van der Waals surface area (Å²) >= 11 is 1.72. The minimum Gasteiger partial charge on any atom is -0.383 e. The average Bonchev–Trinajstić information content (AvgIpc) is 3.20. The minimum atomic E-state index is 0. The van der Waals surface area contributed by atoms with Crippen molar-refractivity contribution in [2.45, 2.75) is 32.9 Å². The molecule has 2 aromatic rings. The molecule has 0 radical (unpaired) electrons. The SMILES string of the molecule is COCCNC(=NCc1cc(C(C)C)no1)NCc1cccs1.I. The van der Waals surface area contributed by atoms with Crippen molar-refractivity contribution < 1.29 is 9.26 Å². The van der Waals surface area contributed by atoms with E-state index in [1.807, 2.05) is 12.1 Å². The van der Waals surface area contributed by atoms with Crippen molar-refractivity contribution in [3.05, 3.63) is 39.9 Å². The largest absolute Gasteiger partial charge is 0.383 e. The highest BCUT2D eigenvalue weighted by Gasteiger charge is 2.07. The number of guanidine groups is 1. The van der Waals surface area contributed by atoms with Gasteiger partial charge in [0.2, 0.25) is 0 Å². The summed E-state index contributed by atoms with van der Waals surface area (Å²) in [6.07, 6.45) is 0. The molecular weight excluding hydrogens is 439 g/mol. The molecule has 0 aliphatic heterocycles. The third-order valence-corrected chi connectivity index (χ3v) is 4.05. The van der Waals surface area contributed by atoms with E-state index in [0.29, 0.717) is 25.6 Å². The summed E-state index contributed by atoms with van der Waals surface area (Å²) in [7, 11) is 1.68. The van der Waals surface area contributed by atoms with Crippen molar-refractivity contribution in [3.63, 3.8) is 0 Å². The maximum absolute atomic E-state index is 5.32. The lowest BCUT2D eigenvalue weighted by atomic mass is 10.1. The van der Waals surface area contributed by atoms with E-state index in [9.17, 15) is 0 Å². The zero-order chi connectivity index (χ0) is 16.5. The molecule has 2 N–H and O–H groups in total. The number of thiophene rings is 1. The number of nitrogens with zero attached hydrogens (tertiary/aromatic N) is 2. The first kappa shape index (κ1) is 20.9. The number of aliphatic imine (C=N–C) groups is 1. The van der Waals surface area contributed by atoms with Gasteiger partial charge in [0.25, 0.3) is 0 Å². The molecule has 24 heavy (non-hydrogen) atoms. The summed E-state index contributed by atoms with van der Waals surface area (Å²) in [6, 6.07) is 6.09. The minimum absolute atomic E-state index is 0. The van der Waals surface area contributed by atoms with Gasteiger partial charge in [-0.3, -0.25) is 0 Å². The Hall–Kier alpha value is -1.13. The molecule has 0 saturated heterocycles. The molecule has 0 atom stereocenters. The van der Waals surface area contributed by atoms with E-state index in [-0.39, 0.29) is 24.0 Å². The monoisotopic (exact) mass is 464 g/mol. The molecular formula is C16H25IN4O2S. The number of ether oxygens (including phenoxy) is 1. The van der Waals surface area contributed by atoms with Gasteiger partial charge in [0.05, 0.1) is 18.8 Å². The van der Waals surface area contributed by atoms with Crippen LogP contribution in [0.15, 0.2) is 33.1 Å². The molecule has 6 nitrogen and oxygen atoms in total. The molecule has 0 spiro atoms. The van der Waals surface area contributed by atoms with E-state index in [4.69, 9.17) is 9.26 Å². The summed E-state index contributed by atoms with van der Waals surface area (Å²) in [6.45, 7) is 6.69. The second kappa shape index (κ2) is 11.4. The van der Waals surface area contributed by atoms with E-state index in [1.54, 1.807) is 18.4 Å². The van der Waals surface area contributed by atoms with Gasteiger partial charge in [-0.2, -0.15) is 0 Å². The molecule has 8 heteroatoms. The smallest absolute Gasteiger partial charge is 0.192 e. The summed E-state index contributed by atoms with van der Waals surface area (Å²) in [4.78, 5) is 5.81. The maximum Gasteiger partial charge on any atom is 0.192 e. The van der Waals surface area contributed by atoms with E-state index in [0.717, 1.165) is 24.0 Å². The Morgan fingerprint density at radius 3 is 2.88 bits per heavy atom. The molecule has 0 fully saturated rings. The van der Waals surface area contributed by atoms with Gasteiger partial charge < -0.3 is 19.9 Å². The first-order chi connectivity index (χ1) is 11.2. The van der Waals surface area contributed by atoms with Crippen LogP contribution in [0.4, 0.5) is 0 Å². The lowest BCUT2D eigenvalue weighted by Crippen LogP contribution is -2.38. The van der Waals surface area contributed by atoms with Crippen molar-refractivity contribution in [2.24, 2.45) is 4.99 Å². The summed E-state index contributed by atoms with van der Waals surface area (Å²) in [5.74, 6) is 1.85. The molecule has 134 valence electrons. The van der Waals surface area contributed by atoms with E-state index >= 15 is 0 Å². The lowest BCUT2D eigenvalue weighted by Gasteiger charge is -2.11. The van der Waals surface area contributed by atoms with Crippen molar-refractivity contribution >= 4 is 41.3 Å². The van der Waals surface area contributed by atoms with Crippen molar-refractivity contribution in [1.82, 2.24) is 15.8 Å². The summed E-state index contributed by atoms with van der Waals surface area (Å²) in [5.41, 5.74) is 0.954. The third kappa shape index (κ3) is 7.18. The molecule has 2 aromatic heterocycles. The van der Waals surface area contributed by atoms with Crippen LogP contribution in [0.5, 0.6) is 0 Å². The molecule has 2 heterocycles. The zero-order valence-electron chi connectivity index (χ0n) is 14.2. The predicted molar refractivity (Wildman–Crippen MR) is 108 cm³/mol. The molecule has 0 aliphatic rings. The van der Waals surface area contributed by atoms with Crippen molar-refractivity contribution in [3.8, 4) is 0 Å². The van der Waals surface area contributed by atoms with Crippen molar-refractivity contribution in [2.75, 3.05) is 20.3 Å². The summed E-state index contributed by atoms with van der Waals surface area (Å²) < 4.78 is 10.4. The van der Waals surface area contributed by atoms with Crippen molar-refractivity contribution in [1.29, 1.82) is 0 Å². The molecule has 0 aliphatic carbocycles. The fourth-order valence-electron chi connectivity index (χ4n) is 1.86. The number of nitrogens with one attached hydrogen (secondary N) is 2. The standard InChI is InChI=1S/C16H24N4O2S.HI/c1-12(2)15-9-13(22-20-15)10-18-16(17-6-7-21-3)19-11-14-5-4-8-23-14;/h4-5,8-9,12H,6-7,10-11H2,1-3H3,(H2,17,18,19);1H. The van der Waals surface area contributed by atoms with E-state index in [1.165, 1.54) is 4.88 Å². The van der Waals surface area contributed by atoms with Gasteiger partial charge in [-0.05, 0) is 17.4 Å². The molecule has 0 aromatic carbocycles. The van der Waals surface area contributed by atoms with Gasteiger partial charge in [-0.1, -0.05) is 25.1 Å². The Labute approximate surface area is 164 Å². The van der Waals surface area contributed by atoms with Gasteiger partial charge in [0.1, 0.15) is 6.54 Å². The van der Waals surface area contributed by atoms with E-state index in [2.05, 4.69) is 46.1 Å². The third-order valence-electron chi connectivity index (χ3n) is 3.17. The van der Waals surface area contributed by atoms with Gasteiger partial charge in [0, 0.05) is 24.6 Å². The maximum atomic E-state index is 5.32. The molecule has 0 saturated carbocycles. The first-order valence-corrected chi connectivity index (χ1v) is 8.56. The normalized spacial score (nSPS) is 11.4. The first-order valence-electron chi connectivity index (χ1n) is 7.68. The van der Waals surface area contributed by atoms with Gasteiger partial charge in [-0.15, -0.1) is 35.3 Å². The van der Waals surface area contributed by atoms with Crippen LogP contribution in [0.2, 0.25) is 0 Å². The number of halogens is 1. The number of aromatic nitrogens is 1. The van der Waals surface area contributed by atoms with Crippen LogP contribution in [-0.4, -0.2) is 31.4 Å². The second-order valence-corrected chi connectivity index (χ2v) is 6.42. The fourth-order valence-corrected chi connectivity index (χ4v) is 2.51. The highest BCUT2D eigenvalue weighted by molar-refractivity contribution is 14.0. The number of methoxy groups -OCH3 is 1. The summed E-state index contributed by atoms with van der Waals surface area (Å²) in [5, 5.41) is 12.7. The number of hydrogen-bond donors (Lipinski definition) is 2. The Morgan fingerprint density at radius 1 is 1.42 bits per heavy atom. The number of rotatable bonds is 8. The molecule has 0 bridgehead atoms. The van der Waals surface area contributed by atoms with Crippen LogP contribution < -0.4 is 10.6 Å². The van der Waals surface area contributed by atoms with Crippen LogP contribution in [0.25, 0.3) is 0 Å². The lowest BCUT2D eigenvalue weighted by molar-refractivity contribution is 0.203. The van der Waals surface area contributed by atoms with Gasteiger partial charge in [0.15, 0.2) is 11.7 Å².